The molecule has 2 atom stereocenters. The first-order valence-electron chi connectivity index (χ1n) is 8.57. The number of piperidine rings is 1. The highest BCUT2D eigenvalue weighted by atomic mass is 16.6. The highest BCUT2D eigenvalue weighted by Gasteiger charge is 2.28. The van der Waals surface area contributed by atoms with E-state index in [1.807, 2.05) is 37.9 Å². The maximum absolute atomic E-state index is 12.3. The summed E-state index contributed by atoms with van der Waals surface area (Å²) < 4.78 is 5.51. The summed E-state index contributed by atoms with van der Waals surface area (Å²) in [5.41, 5.74) is 0.801. The second-order valence-corrected chi connectivity index (χ2v) is 7.68. The fourth-order valence-electron chi connectivity index (χ4n) is 3.11. The van der Waals surface area contributed by atoms with Gasteiger partial charge in [0.25, 0.3) is 0 Å². The Morgan fingerprint density at radius 3 is 2.87 bits per heavy atom. The van der Waals surface area contributed by atoms with Crippen LogP contribution in [0.5, 0.6) is 0 Å². The van der Waals surface area contributed by atoms with E-state index in [0.717, 1.165) is 26.1 Å². The van der Waals surface area contributed by atoms with E-state index in [1.54, 1.807) is 0 Å². The molecular formula is C18H31N3O2. The maximum Gasteiger partial charge on any atom is 0.410 e. The fraction of sp³-hybridized carbons (Fsp3) is 0.722. The Bertz CT molecular complexity index is 493. The fourth-order valence-corrected chi connectivity index (χ4v) is 3.11. The van der Waals surface area contributed by atoms with Crippen LogP contribution in [0.1, 0.15) is 52.3 Å². The third-order valence-corrected chi connectivity index (χ3v) is 4.45. The number of rotatable bonds is 4. The number of hydrogen-bond acceptors (Lipinski definition) is 3. The number of amides is 1. The molecule has 1 aliphatic rings. The molecule has 130 valence electrons. The van der Waals surface area contributed by atoms with Crippen LogP contribution in [0, 0.1) is 5.92 Å². The number of carbonyl (C=O) groups is 1. The van der Waals surface area contributed by atoms with Crippen LogP contribution in [0.2, 0.25) is 0 Å². The van der Waals surface area contributed by atoms with Crippen LogP contribution in [0.4, 0.5) is 4.79 Å². The summed E-state index contributed by atoms with van der Waals surface area (Å²) in [7, 11) is 2.15. The molecule has 1 amide bonds. The van der Waals surface area contributed by atoms with E-state index in [2.05, 4.69) is 29.9 Å². The van der Waals surface area contributed by atoms with Gasteiger partial charge in [-0.3, -0.25) is 4.90 Å². The predicted molar refractivity (Wildman–Crippen MR) is 92.4 cm³/mol. The van der Waals surface area contributed by atoms with E-state index in [9.17, 15) is 4.79 Å². The lowest BCUT2D eigenvalue weighted by Crippen LogP contribution is -2.45. The predicted octanol–water partition coefficient (Wildman–Crippen LogP) is 3.65. The number of H-pyrrole nitrogens is 1. The molecule has 1 saturated heterocycles. The number of aromatic nitrogens is 1. The lowest BCUT2D eigenvalue weighted by atomic mass is 9.97. The molecule has 2 heterocycles. The number of ether oxygens (including phenoxy) is 1. The number of likely N-dealkylation sites (tertiary alicyclic amines) is 1. The molecule has 1 N–H and O–H groups in total. The molecule has 0 aromatic carbocycles. The van der Waals surface area contributed by atoms with Crippen LogP contribution in [0.25, 0.3) is 0 Å². The average molecular weight is 321 g/mol. The van der Waals surface area contributed by atoms with Crippen molar-refractivity contribution in [3.63, 3.8) is 0 Å². The molecule has 2 rings (SSSR count). The minimum atomic E-state index is -0.428. The van der Waals surface area contributed by atoms with E-state index < -0.39 is 5.60 Å². The zero-order valence-corrected chi connectivity index (χ0v) is 15.1. The van der Waals surface area contributed by atoms with Gasteiger partial charge in [0.1, 0.15) is 5.60 Å². The standard InChI is InChI=1S/C18H31N3O2/c1-14(16-9-6-10-19-16)20(5)12-15-8-7-11-21(13-15)17(22)23-18(2,3)4/h6,9-10,14-15,19H,7-8,11-13H2,1-5H3/t14-,15-/m0/s1. The second-order valence-electron chi connectivity index (χ2n) is 7.68. The highest BCUT2D eigenvalue weighted by molar-refractivity contribution is 5.68. The van der Waals surface area contributed by atoms with Gasteiger partial charge in [0.15, 0.2) is 0 Å². The van der Waals surface area contributed by atoms with Gasteiger partial charge in [-0.05, 0) is 65.6 Å². The summed E-state index contributed by atoms with van der Waals surface area (Å²) in [6.07, 6.45) is 4.00. The first-order valence-corrected chi connectivity index (χ1v) is 8.57. The van der Waals surface area contributed by atoms with E-state index in [0.29, 0.717) is 12.0 Å². The third kappa shape index (κ3) is 5.27. The van der Waals surface area contributed by atoms with Gasteiger partial charge in [-0.2, -0.15) is 0 Å². The van der Waals surface area contributed by atoms with Crippen LogP contribution in [0.3, 0.4) is 0 Å². The van der Waals surface area contributed by atoms with Crippen molar-refractivity contribution >= 4 is 6.09 Å². The van der Waals surface area contributed by atoms with Crippen molar-refractivity contribution in [1.82, 2.24) is 14.8 Å². The molecule has 0 spiro atoms. The van der Waals surface area contributed by atoms with Crippen LogP contribution < -0.4 is 0 Å². The Morgan fingerprint density at radius 2 is 2.26 bits per heavy atom. The quantitative estimate of drug-likeness (QED) is 0.921. The molecule has 0 radical (unpaired) electrons. The first-order chi connectivity index (χ1) is 10.8. The Labute approximate surface area is 140 Å². The summed E-state index contributed by atoms with van der Waals surface area (Å²) in [4.78, 5) is 19.8. The van der Waals surface area contributed by atoms with Crippen LogP contribution in [0.15, 0.2) is 18.3 Å². The number of hydrogen-bond donors (Lipinski definition) is 1. The summed E-state index contributed by atoms with van der Waals surface area (Å²) in [5.74, 6) is 0.499. The number of aromatic amines is 1. The Hall–Kier alpha value is -1.49. The Kier molecular flexibility index (Phi) is 5.74. The van der Waals surface area contributed by atoms with Crippen LogP contribution in [-0.4, -0.2) is 53.2 Å². The van der Waals surface area contributed by atoms with Gasteiger partial charge in [0.05, 0.1) is 0 Å². The summed E-state index contributed by atoms with van der Waals surface area (Å²) in [5, 5.41) is 0. The highest BCUT2D eigenvalue weighted by Crippen LogP contribution is 2.23. The van der Waals surface area contributed by atoms with E-state index in [4.69, 9.17) is 4.74 Å². The molecule has 0 aliphatic carbocycles. The van der Waals surface area contributed by atoms with Gasteiger partial charge in [0.2, 0.25) is 0 Å². The molecule has 5 heteroatoms. The first kappa shape index (κ1) is 17.9. The molecular weight excluding hydrogens is 290 g/mol. The monoisotopic (exact) mass is 321 g/mol. The molecule has 1 aromatic rings. The van der Waals surface area contributed by atoms with Crippen molar-refractivity contribution in [2.75, 3.05) is 26.7 Å². The van der Waals surface area contributed by atoms with Crippen molar-refractivity contribution in [3.05, 3.63) is 24.0 Å². The average Bonchev–Trinajstić information content (AvgIpc) is 2.99. The minimum Gasteiger partial charge on any atom is -0.444 e. The van der Waals surface area contributed by atoms with Crippen molar-refractivity contribution in [3.8, 4) is 0 Å². The van der Waals surface area contributed by atoms with Crippen molar-refractivity contribution < 1.29 is 9.53 Å². The number of nitrogens with one attached hydrogen (secondary N) is 1. The minimum absolute atomic E-state index is 0.178. The summed E-state index contributed by atoms with van der Waals surface area (Å²) in [6.45, 7) is 10.5. The molecule has 1 aliphatic heterocycles. The lowest BCUT2D eigenvalue weighted by molar-refractivity contribution is 0.0142. The van der Waals surface area contributed by atoms with Gasteiger partial charge in [-0.25, -0.2) is 4.79 Å². The van der Waals surface area contributed by atoms with Crippen molar-refractivity contribution in [1.29, 1.82) is 0 Å². The third-order valence-electron chi connectivity index (χ3n) is 4.45. The van der Waals surface area contributed by atoms with E-state index in [-0.39, 0.29) is 6.09 Å². The number of carbonyl (C=O) groups excluding carboxylic acids is 1. The molecule has 0 saturated carbocycles. The number of nitrogens with zero attached hydrogens (tertiary/aromatic N) is 2. The normalized spacial score (nSPS) is 20.6. The largest absolute Gasteiger partial charge is 0.444 e. The van der Waals surface area contributed by atoms with Gasteiger partial charge >= 0.3 is 6.09 Å². The van der Waals surface area contributed by atoms with Crippen LogP contribution in [-0.2, 0) is 4.74 Å². The van der Waals surface area contributed by atoms with Crippen LogP contribution >= 0.6 is 0 Å². The molecule has 1 aromatic heterocycles. The SMILES string of the molecule is C[C@@H](c1ccc[nH]1)N(C)C[C@@H]1CCCN(C(=O)OC(C)(C)C)C1. The van der Waals surface area contributed by atoms with E-state index in [1.165, 1.54) is 12.1 Å². The zero-order chi connectivity index (χ0) is 17.0. The summed E-state index contributed by atoms with van der Waals surface area (Å²) >= 11 is 0. The summed E-state index contributed by atoms with van der Waals surface area (Å²) in [6, 6.07) is 4.50. The maximum atomic E-state index is 12.3. The lowest BCUT2D eigenvalue weighted by Gasteiger charge is -2.36. The second kappa shape index (κ2) is 7.39. The van der Waals surface area contributed by atoms with Crippen molar-refractivity contribution in [2.45, 2.75) is 52.2 Å². The molecule has 23 heavy (non-hydrogen) atoms. The molecule has 0 bridgehead atoms. The van der Waals surface area contributed by atoms with Gasteiger partial charge < -0.3 is 14.6 Å². The topological polar surface area (TPSA) is 48.6 Å². The Morgan fingerprint density at radius 1 is 1.52 bits per heavy atom. The van der Waals surface area contributed by atoms with Gasteiger partial charge in [-0.15, -0.1) is 0 Å². The Balaban J connectivity index is 1.87. The van der Waals surface area contributed by atoms with Gasteiger partial charge in [-0.1, -0.05) is 0 Å². The van der Waals surface area contributed by atoms with Crippen molar-refractivity contribution in [2.24, 2.45) is 5.92 Å². The van der Waals surface area contributed by atoms with E-state index >= 15 is 0 Å². The molecule has 1 fully saturated rings. The van der Waals surface area contributed by atoms with Gasteiger partial charge in [0, 0.05) is 37.6 Å². The molecule has 5 nitrogen and oxygen atoms in total. The zero-order valence-electron chi connectivity index (χ0n) is 15.1. The molecule has 0 unspecified atom stereocenters. The smallest absolute Gasteiger partial charge is 0.410 e.